The van der Waals surface area contributed by atoms with Crippen molar-refractivity contribution >= 4 is 29.5 Å². The largest absolute Gasteiger partial charge is 0.297 e. The summed E-state index contributed by atoms with van der Waals surface area (Å²) in [6, 6.07) is 27.0. The maximum absolute atomic E-state index is 14.1. The van der Waals surface area contributed by atoms with Crippen molar-refractivity contribution in [3.8, 4) is 0 Å². The molecule has 0 bridgehead atoms. The van der Waals surface area contributed by atoms with Gasteiger partial charge in [0, 0.05) is 21.7 Å². The van der Waals surface area contributed by atoms with Crippen LogP contribution < -0.4 is 15.7 Å². The number of benzene rings is 3. The second-order valence-electron chi connectivity index (χ2n) is 5.92. The zero-order valence-electron chi connectivity index (χ0n) is 14.1. The monoisotopic (exact) mass is 369 g/mol. The van der Waals surface area contributed by atoms with Crippen LogP contribution in [0.2, 0.25) is 5.02 Å². The summed E-state index contributed by atoms with van der Waals surface area (Å²) in [6.07, 6.45) is 0.825. The minimum absolute atomic E-state index is 0.0245. The molecular formula is C21H21ClNOP. The Labute approximate surface area is 154 Å². The van der Waals surface area contributed by atoms with E-state index in [4.69, 9.17) is 11.6 Å². The highest BCUT2D eigenvalue weighted by molar-refractivity contribution is 7.76. The van der Waals surface area contributed by atoms with Crippen LogP contribution in [0.25, 0.3) is 0 Å². The molecule has 0 radical (unpaired) electrons. The SMILES string of the molecule is CCC(NP(=O)(c1ccccc1)c1ccccc1)c1ccc(Cl)cc1. The van der Waals surface area contributed by atoms with Crippen molar-refractivity contribution in [1.29, 1.82) is 0 Å². The first kappa shape index (κ1) is 17.9. The molecule has 0 saturated heterocycles. The molecule has 3 aromatic carbocycles. The molecule has 0 aliphatic carbocycles. The molecule has 1 N–H and O–H groups in total. The number of halogens is 1. The van der Waals surface area contributed by atoms with Crippen molar-refractivity contribution < 1.29 is 4.57 Å². The molecule has 0 heterocycles. The van der Waals surface area contributed by atoms with Crippen LogP contribution in [0.1, 0.15) is 24.9 Å². The van der Waals surface area contributed by atoms with Gasteiger partial charge in [-0.05, 0) is 48.4 Å². The Morgan fingerprint density at radius 2 is 1.32 bits per heavy atom. The van der Waals surface area contributed by atoms with Gasteiger partial charge in [0.05, 0.1) is 0 Å². The van der Waals surface area contributed by atoms with Crippen LogP contribution in [-0.2, 0) is 4.57 Å². The highest BCUT2D eigenvalue weighted by Crippen LogP contribution is 2.42. The molecule has 1 unspecified atom stereocenters. The standard InChI is InChI=1S/C21H21ClNOP/c1-2-21(17-13-15-18(22)16-14-17)23-25(24,19-9-5-3-6-10-19)20-11-7-4-8-12-20/h3-16,21H,2H2,1H3,(H,23,24). The highest BCUT2D eigenvalue weighted by atomic mass is 35.5. The molecule has 0 amide bonds. The number of nitrogens with one attached hydrogen (secondary N) is 1. The Morgan fingerprint density at radius 3 is 1.76 bits per heavy atom. The van der Waals surface area contributed by atoms with Crippen molar-refractivity contribution in [2.75, 3.05) is 0 Å². The summed E-state index contributed by atoms with van der Waals surface area (Å²) in [5, 5.41) is 5.79. The van der Waals surface area contributed by atoms with Gasteiger partial charge in [0.15, 0.2) is 0 Å². The smallest absolute Gasteiger partial charge is 0.205 e. The second-order valence-corrected chi connectivity index (χ2v) is 8.87. The first-order valence-electron chi connectivity index (χ1n) is 8.38. The normalized spacial score (nSPS) is 12.7. The van der Waals surface area contributed by atoms with Crippen LogP contribution >= 0.6 is 18.9 Å². The lowest BCUT2D eigenvalue weighted by Gasteiger charge is -2.26. The zero-order valence-corrected chi connectivity index (χ0v) is 15.8. The highest BCUT2D eigenvalue weighted by Gasteiger charge is 2.29. The van der Waals surface area contributed by atoms with E-state index >= 15 is 0 Å². The van der Waals surface area contributed by atoms with Gasteiger partial charge in [-0.2, -0.15) is 0 Å². The van der Waals surface area contributed by atoms with Gasteiger partial charge in [0.2, 0.25) is 7.29 Å². The van der Waals surface area contributed by atoms with E-state index in [1.165, 1.54) is 0 Å². The van der Waals surface area contributed by atoms with Gasteiger partial charge in [-0.1, -0.05) is 67.1 Å². The third-order valence-electron chi connectivity index (χ3n) is 4.26. The van der Waals surface area contributed by atoms with Crippen molar-refractivity contribution in [3.05, 3.63) is 95.5 Å². The fourth-order valence-corrected chi connectivity index (χ4v) is 5.57. The molecule has 0 saturated carbocycles. The second kappa shape index (κ2) is 8.01. The summed E-state index contributed by atoms with van der Waals surface area (Å²) in [5.74, 6) is 0. The van der Waals surface area contributed by atoms with Crippen LogP contribution in [0.4, 0.5) is 0 Å². The molecule has 1 atom stereocenters. The quantitative estimate of drug-likeness (QED) is 0.596. The Bertz CT molecular complexity index is 807. The molecule has 0 spiro atoms. The van der Waals surface area contributed by atoms with E-state index in [0.717, 1.165) is 22.6 Å². The lowest BCUT2D eigenvalue weighted by Crippen LogP contribution is -2.30. The summed E-state index contributed by atoms with van der Waals surface area (Å²) in [4.78, 5) is 0. The Morgan fingerprint density at radius 1 is 0.840 bits per heavy atom. The first-order chi connectivity index (χ1) is 12.1. The molecule has 0 fully saturated rings. The minimum atomic E-state index is -2.96. The Kier molecular flexibility index (Phi) is 5.75. The summed E-state index contributed by atoms with van der Waals surface area (Å²) in [6.45, 7) is 2.09. The first-order valence-corrected chi connectivity index (χ1v) is 10.5. The van der Waals surface area contributed by atoms with Crippen LogP contribution in [-0.4, -0.2) is 0 Å². The summed E-state index contributed by atoms with van der Waals surface area (Å²) in [7, 11) is -2.96. The summed E-state index contributed by atoms with van der Waals surface area (Å²) < 4.78 is 14.1. The molecule has 0 aliphatic rings. The third kappa shape index (κ3) is 4.04. The zero-order chi connectivity index (χ0) is 17.7. The Balaban J connectivity index is 2.03. The predicted molar refractivity (Wildman–Crippen MR) is 107 cm³/mol. The molecule has 25 heavy (non-hydrogen) atoms. The van der Waals surface area contributed by atoms with Crippen molar-refractivity contribution in [3.63, 3.8) is 0 Å². The van der Waals surface area contributed by atoms with Crippen LogP contribution in [0.5, 0.6) is 0 Å². The molecular weight excluding hydrogens is 349 g/mol. The van der Waals surface area contributed by atoms with Crippen molar-refractivity contribution in [2.24, 2.45) is 0 Å². The average molecular weight is 370 g/mol. The molecule has 3 aromatic rings. The summed E-state index contributed by atoms with van der Waals surface area (Å²) >= 11 is 6.01. The fraction of sp³-hybridized carbons (Fsp3) is 0.143. The van der Waals surface area contributed by atoms with E-state index < -0.39 is 7.29 Å². The number of hydrogen-bond acceptors (Lipinski definition) is 1. The lowest BCUT2D eigenvalue weighted by molar-refractivity contribution is 0.555. The van der Waals surface area contributed by atoms with E-state index in [9.17, 15) is 4.57 Å². The van der Waals surface area contributed by atoms with Gasteiger partial charge in [0.25, 0.3) is 0 Å². The number of hydrogen-bond donors (Lipinski definition) is 1. The maximum Gasteiger partial charge on any atom is 0.205 e. The van der Waals surface area contributed by atoms with E-state index in [2.05, 4.69) is 12.0 Å². The predicted octanol–water partition coefficient (Wildman–Crippen LogP) is 5.31. The maximum atomic E-state index is 14.1. The average Bonchev–Trinajstić information content (AvgIpc) is 2.68. The van der Waals surface area contributed by atoms with Crippen LogP contribution in [0.15, 0.2) is 84.9 Å². The number of rotatable bonds is 6. The van der Waals surface area contributed by atoms with E-state index in [1.807, 2.05) is 84.9 Å². The van der Waals surface area contributed by atoms with Gasteiger partial charge in [-0.3, -0.25) is 9.65 Å². The van der Waals surface area contributed by atoms with Crippen molar-refractivity contribution in [1.82, 2.24) is 5.09 Å². The molecule has 128 valence electrons. The third-order valence-corrected chi connectivity index (χ3v) is 7.24. The Hall–Kier alpha value is -1.86. The lowest BCUT2D eigenvalue weighted by atomic mass is 10.1. The molecule has 4 heteroatoms. The molecule has 3 rings (SSSR count). The molecule has 2 nitrogen and oxygen atoms in total. The minimum Gasteiger partial charge on any atom is -0.297 e. The summed E-state index contributed by atoms with van der Waals surface area (Å²) in [5.41, 5.74) is 1.08. The van der Waals surface area contributed by atoms with E-state index in [0.29, 0.717) is 5.02 Å². The molecule has 0 aliphatic heterocycles. The van der Waals surface area contributed by atoms with Crippen LogP contribution in [0, 0.1) is 0 Å². The van der Waals surface area contributed by atoms with Gasteiger partial charge < -0.3 is 0 Å². The van der Waals surface area contributed by atoms with Gasteiger partial charge >= 0.3 is 0 Å². The fourth-order valence-electron chi connectivity index (χ4n) is 2.89. The van der Waals surface area contributed by atoms with Gasteiger partial charge in [-0.15, -0.1) is 0 Å². The van der Waals surface area contributed by atoms with E-state index in [-0.39, 0.29) is 6.04 Å². The van der Waals surface area contributed by atoms with Gasteiger partial charge in [0.1, 0.15) is 0 Å². The van der Waals surface area contributed by atoms with Crippen molar-refractivity contribution in [2.45, 2.75) is 19.4 Å². The van der Waals surface area contributed by atoms with E-state index in [1.54, 1.807) is 0 Å². The molecule has 0 aromatic heterocycles. The topological polar surface area (TPSA) is 29.1 Å². The van der Waals surface area contributed by atoms with Gasteiger partial charge in [-0.25, -0.2) is 0 Å². The van der Waals surface area contributed by atoms with Crippen LogP contribution in [0.3, 0.4) is 0 Å².